The zero-order chi connectivity index (χ0) is 9.10. The molecule has 1 aromatic heterocycles. The van der Waals surface area contributed by atoms with Crippen molar-refractivity contribution in [2.45, 2.75) is 18.9 Å². The minimum absolute atomic E-state index is 0.0470. The maximum absolute atomic E-state index is 11.5. The van der Waals surface area contributed by atoms with Gasteiger partial charge in [-0.2, -0.15) is 10.1 Å². The lowest BCUT2D eigenvalue weighted by Gasteiger charge is -2.07. The molecule has 1 amide bonds. The van der Waals surface area contributed by atoms with Crippen LogP contribution in [0.4, 0.5) is 5.95 Å². The van der Waals surface area contributed by atoms with Gasteiger partial charge in [0.15, 0.2) is 0 Å². The Morgan fingerprint density at radius 3 is 3.23 bits per heavy atom. The summed E-state index contributed by atoms with van der Waals surface area (Å²) in [5.74, 6) is 0.355. The number of amides is 1. The number of nitrogens with zero attached hydrogens (tertiary/aromatic N) is 2. The molecule has 6 nitrogen and oxygen atoms in total. The monoisotopic (exact) mass is 181 g/mol. The normalized spacial score (nSPS) is 21.7. The van der Waals surface area contributed by atoms with Crippen molar-refractivity contribution in [3.8, 4) is 0 Å². The molecule has 70 valence electrons. The Labute approximate surface area is 75.1 Å². The Bertz CT molecular complexity index is 277. The van der Waals surface area contributed by atoms with Crippen molar-refractivity contribution in [1.29, 1.82) is 0 Å². The highest BCUT2D eigenvalue weighted by Gasteiger charge is 2.22. The van der Waals surface area contributed by atoms with Gasteiger partial charge in [0.25, 0.3) is 0 Å². The highest BCUT2D eigenvalue weighted by Crippen LogP contribution is 2.06. The highest BCUT2D eigenvalue weighted by atomic mass is 16.2. The average Bonchev–Trinajstić information content (AvgIpc) is 2.74. The molecule has 1 unspecified atom stereocenters. The molecule has 0 saturated carbocycles. The van der Waals surface area contributed by atoms with E-state index in [1.165, 1.54) is 6.33 Å². The summed E-state index contributed by atoms with van der Waals surface area (Å²) in [5, 5.41) is 11.9. The molecule has 1 atom stereocenters. The number of rotatable bonds is 2. The first-order chi connectivity index (χ1) is 6.36. The van der Waals surface area contributed by atoms with Crippen LogP contribution in [-0.4, -0.2) is 33.7 Å². The van der Waals surface area contributed by atoms with E-state index in [4.69, 9.17) is 0 Å². The Morgan fingerprint density at radius 1 is 1.69 bits per heavy atom. The summed E-state index contributed by atoms with van der Waals surface area (Å²) in [6.07, 6.45) is 3.30. The molecule has 6 heteroatoms. The van der Waals surface area contributed by atoms with Crippen LogP contribution < -0.4 is 10.6 Å². The van der Waals surface area contributed by atoms with E-state index in [0.29, 0.717) is 5.95 Å². The van der Waals surface area contributed by atoms with Crippen LogP contribution in [0.5, 0.6) is 0 Å². The molecule has 1 aliphatic rings. The number of carbonyl (C=O) groups is 1. The number of hydrogen-bond acceptors (Lipinski definition) is 4. The zero-order valence-electron chi connectivity index (χ0n) is 7.08. The highest BCUT2D eigenvalue weighted by molar-refractivity contribution is 5.93. The van der Waals surface area contributed by atoms with Gasteiger partial charge < -0.3 is 5.32 Å². The van der Waals surface area contributed by atoms with E-state index in [9.17, 15) is 4.79 Å². The predicted molar refractivity (Wildman–Crippen MR) is 46.0 cm³/mol. The fraction of sp³-hybridized carbons (Fsp3) is 0.571. The van der Waals surface area contributed by atoms with Gasteiger partial charge in [0.2, 0.25) is 11.9 Å². The fourth-order valence-electron chi connectivity index (χ4n) is 1.38. The van der Waals surface area contributed by atoms with Gasteiger partial charge in [-0.1, -0.05) is 0 Å². The van der Waals surface area contributed by atoms with E-state index in [1.54, 1.807) is 0 Å². The average molecular weight is 181 g/mol. The number of hydrogen-bond donors (Lipinski definition) is 3. The first kappa shape index (κ1) is 8.18. The Kier molecular flexibility index (Phi) is 2.22. The third-order valence-corrected chi connectivity index (χ3v) is 2.03. The minimum Gasteiger partial charge on any atom is -0.306 e. The minimum atomic E-state index is -0.0786. The van der Waals surface area contributed by atoms with Crippen LogP contribution in [0.2, 0.25) is 0 Å². The summed E-state index contributed by atoms with van der Waals surface area (Å²) in [6, 6.07) is -0.0786. The van der Waals surface area contributed by atoms with Crippen LogP contribution in [0, 0.1) is 0 Å². The summed E-state index contributed by atoms with van der Waals surface area (Å²) in [4.78, 5) is 15.3. The molecule has 1 saturated heterocycles. The molecule has 0 bridgehead atoms. The lowest BCUT2D eigenvalue weighted by atomic mass is 10.2. The SMILES string of the molecule is O=C(Nc1ncn[nH]1)C1CCCN1. The van der Waals surface area contributed by atoms with E-state index in [2.05, 4.69) is 25.8 Å². The van der Waals surface area contributed by atoms with Crippen molar-refractivity contribution in [1.82, 2.24) is 20.5 Å². The molecule has 2 rings (SSSR count). The van der Waals surface area contributed by atoms with Crippen molar-refractivity contribution in [2.24, 2.45) is 0 Å². The number of carbonyl (C=O) groups excluding carboxylic acids is 1. The molecule has 3 N–H and O–H groups in total. The van der Waals surface area contributed by atoms with Gasteiger partial charge >= 0.3 is 0 Å². The van der Waals surface area contributed by atoms with Crippen LogP contribution >= 0.6 is 0 Å². The Balaban J connectivity index is 1.91. The standard InChI is InChI=1S/C7H11N5O/c13-6(5-2-1-3-8-5)11-7-9-4-10-12-7/h4-5,8H,1-3H2,(H2,9,10,11,12,13). The molecule has 1 fully saturated rings. The number of anilines is 1. The second-order valence-electron chi connectivity index (χ2n) is 2.97. The summed E-state index contributed by atoms with van der Waals surface area (Å²) >= 11 is 0. The molecular formula is C7H11N5O. The predicted octanol–water partition coefficient (Wildman–Crippen LogP) is -0.505. The van der Waals surface area contributed by atoms with Gasteiger partial charge in [-0.05, 0) is 19.4 Å². The first-order valence-electron chi connectivity index (χ1n) is 4.26. The molecular weight excluding hydrogens is 170 g/mol. The number of aromatic amines is 1. The van der Waals surface area contributed by atoms with E-state index >= 15 is 0 Å². The molecule has 0 aromatic carbocycles. The third kappa shape index (κ3) is 1.83. The maximum Gasteiger partial charge on any atom is 0.243 e. The van der Waals surface area contributed by atoms with Gasteiger partial charge in [-0.3, -0.25) is 10.1 Å². The molecule has 0 radical (unpaired) electrons. The quantitative estimate of drug-likeness (QED) is 0.574. The van der Waals surface area contributed by atoms with Crippen molar-refractivity contribution in [2.75, 3.05) is 11.9 Å². The number of aromatic nitrogens is 3. The third-order valence-electron chi connectivity index (χ3n) is 2.03. The van der Waals surface area contributed by atoms with Crippen molar-refractivity contribution >= 4 is 11.9 Å². The van der Waals surface area contributed by atoms with Crippen molar-refractivity contribution in [3.05, 3.63) is 6.33 Å². The second kappa shape index (κ2) is 3.53. The molecule has 2 heterocycles. The summed E-state index contributed by atoms with van der Waals surface area (Å²) in [7, 11) is 0. The van der Waals surface area contributed by atoms with Crippen LogP contribution in [0.3, 0.4) is 0 Å². The number of H-pyrrole nitrogens is 1. The molecule has 1 aliphatic heterocycles. The van der Waals surface area contributed by atoms with Crippen LogP contribution in [0.1, 0.15) is 12.8 Å². The summed E-state index contributed by atoms with van der Waals surface area (Å²) < 4.78 is 0. The molecule has 0 spiro atoms. The van der Waals surface area contributed by atoms with E-state index < -0.39 is 0 Å². The molecule has 0 aliphatic carbocycles. The molecule has 13 heavy (non-hydrogen) atoms. The van der Waals surface area contributed by atoms with Crippen LogP contribution in [0.15, 0.2) is 6.33 Å². The van der Waals surface area contributed by atoms with Gasteiger partial charge in [0.1, 0.15) is 6.33 Å². The largest absolute Gasteiger partial charge is 0.306 e. The summed E-state index contributed by atoms with van der Waals surface area (Å²) in [5.41, 5.74) is 0. The smallest absolute Gasteiger partial charge is 0.243 e. The van der Waals surface area contributed by atoms with E-state index in [0.717, 1.165) is 19.4 Å². The van der Waals surface area contributed by atoms with Gasteiger partial charge in [-0.15, -0.1) is 0 Å². The van der Waals surface area contributed by atoms with Crippen molar-refractivity contribution < 1.29 is 4.79 Å². The first-order valence-corrected chi connectivity index (χ1v) is 4.26. The molecule has 1 aromatic rings. The second-order valence-corrected chi connectivity index (χ2v) is 2.97. The van der Waals surface area contributed by atoms with Crippen LogP contribution in [0.25, 0.3) is 0 Å². The Hall–Kier alpha value is -1.43. The van der Waals surface area contributed by atoms with Gasteiger partial charge in [0.05, 0.1) is 6.04 Å². The lowest BCUT2D eigenvalue weighted by molar-refractivity contribution is -0.117. The lowest BCUT2D eigenvalue weighted by Crippen LogP contribution is -2.35. The van der Waals surface area contributed by atoms with Gasteiger partial charge in [-0.25, -0.2) is 5.10 Å². The fourth-order valence-corrected chi connectivity index (χ4v) is 1.38. The Morgan fingerprint density at radius 2 is 2.62 bits per heavy atom. The van der Waals surface area contributed by atoms with Gasteiger partial charge in [0, 0.05) is 0 Å². The zero-order valence-corrected chi connectivity index (χ0v) is 7.08. The number of nitrogens with one attached hydrogen (secondary N) is 3. The van der Waals surface area contributed by atoms with Crippen LogP contribution in [-0.2, 0) is 4.79 Å². The maximum atomic E-state index is 11.5. The summed E-state index contributed by atoms with van der Waals surface area (Å²) in [6.45, 7) is 0.911. The van der Waals surface area contributed by atoms with Crippen molar-refractivity contribution in [3.63, 3.8) is 0 Å². The topological polar surface area (TPSA) is 82.7 Å². The van der Waals surface area contributed by atoms with E-state index in [1.807, 2.05) is 0 Å². The van der Waals surface area contributed by atoms with E-state index in [-0.39, 0.29) is 11.9 Å².